The van der Waals surface area contributed by atoms with Crippen LogP contribution >= 0.6 is 11.3 Å². The first-order chi connectivity index (χ1) is 11.6. The van der Waals surface area contributed by atoms with E-state index >= 15 is 0 Å². The fourth-order valence-electron chi connectivity index (χ4n) is 3.07. The average Bonchev–Trinajstić information content (AvgIpc) is 3.14. The van der Waals surface area contributed by atoms with E-state index in [1.165, 1.54) is 6.33 Å². The Labute approximate surface area is 146 Å². The van der Waals surface area contributed by atoms with Gasteiger partial charge in [0.15, 0.2) is 5.13 Å². The molecule has 1 atom stereocenters. The molecule has 3 rings (SSSR count). The molecule has 1 saturated heterocycles. The molecule has 24 heavy (non-hydrogen) atoms. The van der Waals surface area contributed by atoms with Crippen molar-refractivity contribution in [2.75, 3.05) is 31.1 Å². The molecule has 0 saturated carbocycles. The Balaban J connectivity index is 1.69. The molecular weight excluding hydrogens is 324 g/mol. The average molecular weight is 348 g/mol. The van der Waals surface area contributed by atoms with Crippen LogP contribution in [-0.2, 0) is 4.79 Å². The van der Waals surface area contributed by atoms with E-state index in [0.717, 1.165) is 43.4 Å². The fourth-order valence-corrected chi connectivity index (χ4v) is 3.92. The largest absolute Gasteiger partial charge is 0.346 e. The highest BCUT2D eigenvalue weighted by atomic mass is 32.1. The zero-order chi connectivity index (χ0) is 17.1. The van der Waals surface area contributed by atoms with Gasteiger partial charge in [-0.1, -0.05) is 13.8 Å². The van der Waals surface area contributed by atoms with E-state index in [1.54, 1.807) is 22.3 Å². The lowest BCUT2D eigenvalue weighted by Gasteiger charge is -2.28. The molecule has 3 heterocycles. The summed E-state index contributed by atoms with van der Waals surface area (Å²) in [5.74, 6) is 0.299. The molecule has 0 N–H and O–H groups in total. The molecule has 1 aliphatic heterocycles. The molecule has 0 radical (unpaired) electrons. The normalized spacial score (nSPS) is 17.2. The SMILES string of the molecule is Cc1csc(N2CCCN(C(=O)C(C(C)C)n3cncn3)CC2)n1. The van der Waals surface area contributed by atoms with Crippen LogP contribution < -0.4 is 4.90 Å². The van der Waals surface area contributed by atoms with E-state index in [9.17, 15) is 4.79 Å². The Bertz CT molecular complexity index is 668. The van der Waals surface area contributed by atoms with Crippen LogP contribution in [0.1, 0.15) is 32.0 Å². The summed E-state index contributed by atoms with van der Waals surface area (Å²) < 4.78 is 1.68. The van der Waals surface area contributed by atoms with E-state index in [-0.39, 0.29) is 17.9 Å². The van der Waals surface area contributed by atoms with Gasteiger partial charge in [-0.15, -0.1) is 11.3 Å². The minimum Gasteiger partial charge on any atom is -0.346 e. The van der Waals surface area contributed by atoms with Crippen molar-refractivity contribution >= 4 is 22.4 Å². The van der Waals surface area contributed by atoms with Crippen molar-refractivity contribution in [3.8, 4) is 0 Å². The van der Waals surface area contributed by atoms with Crippen LogP contribution in [0.5, 0.6) is 0 Å². The zero-order valence-corrected chi connectivity index (χ0v) is 15.2. The van der Waals surface area contributed by atoms with Gasteiger partial charge < -0.3 is 9.80 Å². The third-order valence-corrected chi connectivity index (χ3v) is 5.31. The first-order valence-electron chi connectivity index (χ1n) is 8.36. The smallest absolute Gasteiger partial charge is 0.247 e. The molecule has 7 nitrogen and oxygen atoms in total. The second kappa shape index (κ2) is 7.29. The number of anilines is 1. The second-order valence-electron chi connectivity index (χ2n) is 6.50. The number of thiazole rings is 1. The van der Waals surface area contributed by atoms with Crippen LogP contribution in [0.25, 0.3) is 0 Å². The predicted octanol–water partition coefficient (Wildman–Crippen LogP) is 1.98. The number of rotatable bonds is 4. The third kappa shape index (κ3) is 3.58. The maximum atomic E-state index is 13.0. The summed E-state index contributed by atoms with van der Waals surface area (Å²) in [5, 5.41) is 7.31. The van der Waals surface area contributed by atoms with E-state index in [4.69, 9.17) is 0 Å². The third-order valence-electron chi connectivity index (χ3n) is 4.29. The minimum absolute atomic E-state index is 0.132. The van der Waals surface area contributed by atoms with Gasteiger partial charge in [0.2, 0.25) is 5.91 Å². The highest BCUT2D eigenvalue weighted by molar-refractivity contribution is 7.13. The van der Waals surface area contributed by atoms with Gasteiger partial charge in [-0.2, -0.15) is 5.10 Å². The molecule has 2 aromatic heterocycles. The maximum absolute atomic E-state index is 13.0. The quantitative estimate of drug-likeness (QED) is 0.845. The predicted molar refractivity (Wildman–Crippen MR) is 94.2 cm³/mol. The number of hydrogen-bond acceptors (Lipinski definition) is 6. The molecule has 0 bridgehead atoms. The van der Waals surface area contributed by atoms with Gasteiger partial charge in [0.05, 0.1) is 5.69 Å². The topological polar surface area (TPSA) is 67.2 Å². The number of amides is 1. The van der Waals surface area contributed by atoms with Crippen LogP contribution in [-0.4, -0.2) is 56.7 Å². The molecule has 0 spiro atoms. The Morgan fingerprint density at radius 1 is 1.25 bits per heavy atom. The molecular formula is C16H24N6OS. The fraction of sp³-hybridized carbons (Fsp3) is 0.625. The highest BCUT2D eigenvalue weighted by Gasteiger charge is 2.30. The lowest BCUT2D eigenvalue weighted by molar-refractivity contribution is -0.136. The summed E-state index contributed by atoms with van der Waals surface area (Å²) in [7, 11) is 0. The molecule has 1 unspecified atom stereocenters. The molecule has 1 aliphatic rings. The standard InChI is InChI=1S/C16H24N6OS/c1-12(2)14(22-11-17-10-18-22)15(23)20-5-4-6-21(8-7-20)16-19-13(3)9-24-16/h9-12,14H,4-8H2,1-3H3. The number of aryl methyl sites for hydroxylation is 1. The van der Waals surface area contributed by atoms with Gasteiger partial charge in [0.1, 0.15) is 18.7 Å². The second-order valence-corrected chi connectivity index (χ2v) is 7.34. The number of carbonyl (C=O) groups excluding carboxylic acids is 1. The zero-order valence-electron chi connectivity index (χ0n) is 14.4. The molecule has 1 amide bonds. The van der Waals surface area contributed by atoms with Crippen molar-refractivity contribution in [2.24, 2.45) is 5.92 Å². The van der Waals surface area contributed by atoms with Crippen molar-refractivity contribution < 1.29 is 4.79 Å². The van der Waals surface area contributed by atoms with Crippen molar-refractivity contribution in [1.82, 2.24) is 24.6 Å². The number of aromatic nitrogens is 4. The lowest BCUT2D eigenvalue weighted by Crippen LogP contribution is -2.41. The van der Waals surface area contributed by atoms with Crippen molar-refractivity contribution in [3.05, 3.63) is 23.7 Å². The van der Waals surface area contributed by atoms with Crippen LogP contribution in [0.2, 0.25) is 0 Å². The van der Waals surface area contributed by atoms with Gasteiger partial charge in [-0.3, -0.25) is 4.79 Å². The Morgan fingerprint density at radius 2 is 2.08 bits per heavy atom. The molecule has 1 fully saturated rings. The van der Waals surface area contributed by atoms with Crippen LogP contribution in [0.15, 0.2) is 18.0 Å². The van der Waals surface area contributed by atoms with E-state index in [1.807, 2.05) is 25.7 Å². The molecule has 0 aliphatic carbocycles. The van der Waals surface area contributed by atoms with Crippen LogP contribution in [0.3, 0.4) is 0 Å². The van der Waals surface area contributed by atoms with Crippen molar-refractivity contribution in [3.63, 3.8) is 0 Å². The number of carbonyl (C=O) groups is 1. The first kappa shape index (κ1) is 16.9. The van der Waals surface area contributed by atoms with Gasteiger partial charge in [0.25, 0.3) is 0 Å². The Hall–Kier alpha value is -1.96. The molecule has 0 aromatic carbocycles. The monoisotopic (exact) mass is 348 g/mol. The van der Waals surface area contributed by atoms with E-state index in [0.29, 0.717) is 0 Å². The van der Waals surface area contributed by atoms with Crippen LogP contribution in [0, 0.1) is 12.8 Å². The van der Waals surface area contributed by atoms with E-state index in [2.05, 4.69) is 25.3 Å². The number of hydrogen-bond donors (Lipinski definition) is 0. The van der Waals surface area contributed by atoms with Crippen molar-refractivity contribution in [2.45, 2.75) is 33.2 Å². The molecule has 130 valence electrons. The molecule has 8 heteroatoms. The first-order valence-corrected chi connectivity index (χ1v) is 9.24. The summed E-state index contributed by atoms with van der Waals surface area (Å²) in [5.41, 5.74) is 1.05. The van der Waals surface area contributed by atoms with Gasteiger partial charge in [-0.25, -0.2) is 14.6 Å². The highest BCUT2D eigenvalue weighted by Crippen LogP contribution is 2.24. The number of nitrogens with zero attached hydrogens (tertiary/aromatic N) is 6. The van der Waals surface area contributed by atoms with Gasteiger partial charge >= 0.3 is 0 Å². The molecule has 2 aromatic rings. The summed E-state index contributed by atoms with van der Waals surface area (Å²) in [4.78, 5) is 25.9. The Kier molecular flexibility index (Phi) is 5.13. The Morgan fingerprint density at radius 3 is 2.71 bits per heavy atom. The van der Waals surface area contributed by atoms with Gasteiger partial charge in [-0.05, 0) is 19.3 Å². The summed E-state index contributed by atoms with van der Waals surface area (Å²) in [6.45, 7) is 9.36. The summed E-state index contributed by atoms with van der Waals surface area (Å²) in [6, 6.07) is -0.291. The maximum Gasteiger partial charge on any atom is 0.247 e. The minimum atomic E-state index is -0.291. The van der Waals surface area contributed by atoms with Gasteiger partial charge in [0, 0.05) is 31.6 Å². The van der Waals surface area contributed by atoms with E-state index < -0.39 is 0 Å². The lowest BCUT2D eigenvalue weighted by atomic mass is 10.0. The van der Waals surface area contributed by atoms with Crippen LogP contribution in [0.4, 0.5) is 5.13 Å². The summed E-state index contributed by atoms with van der Waals surface area (Å²) >= 11 is 1.67. The van der Waals surface area contributed by atoms with Crippen molar-refractivity contribution in [1.29, 1.82) is 0 Å². The summed E-state index contributed by atoms with van der Waals surface area (Å²) in [6.07, 6.45) is 4.06.